The summed E-state index contributed by atoms with van der Waals surface area (Å²) in [6.45, 7) is 4.69. The van der Waals surface area contributed by atoms with Crippen molar-refractivity contribution in [3.05, 3.63) is 102 Å². The number of rotatable bonds is 5. The van der Waals surface area contributed by atoms with Crippen molar-refractivity contribution < 1.29 is 14.0 Å². The van der Waals surface area contributed by atoms with Crippen LogP contribution >= 0.6 is 0 Å². The molecule has 2 heterocycles. The molecule has 0 saturated carbocycles. The Morgan fingerprint density at radius 1 is 0.972 bits per heavy atom. The van der Waals surface area contributed by atoms with Crippen LogP contribution in [-0.2, 0) is 11.3 Å². The van der Waals surface area contributed by atoms with Crippen molar-refractivity contribution in [1.29, 1.82) is 0 Å². The summed E-state index contributed by atoms with van der Waals surface area (Å²) in [7, 11) is 0. The van der Waals surface area contributed by atoms with Crippen molar-refractivity contribution in [3.63, 3.8) is 0 Å². The van der Waals surface area contributed by atoms with E-state index in [1.165, 1.54) is 11.0 Å². The number of nitrogens with one attached hydrogen (secondary N) is 1. The lowest BCUT2D eigenvalue weighted by molar-refractivity contribution is -0.134. The molecule has 7 heteroatoms. The van der Waals surface area contributed by atoms with Gasteiger partial charge in [-0.05, 0) is 43.5 Å². The van der Waals surface area contributed by atoms with Gasteiger partial charge in [-0.2, -0.15) is 0 Å². The summed E-state index contributed by atoms with van der Waals surface area (Å²) in [6, 6.07) is 22.8. The molecule has 0 aliphatic carbocycles. The van der Waals surface area contributed by atoms with Crippen LogP contribution in [0.25, 0.3) is 10.8 Å². The van der Waals surface area contributed by atoms with Crippen LogP contribution in [0, 0.1) is 5.82 Å². The molecule has 5 rings (SSSR count). The molecular weight excluding hydrogens is 455 g/mol. The number of hydrogen-bond donors (Lipinski definition) is 1. The Balaban J connectivity index is 1.41. The van der Waals surface area contributed by atoms with Gasteiger partial charge >= 0.3 is 6.03 Å². The van der Waals surface area contributed by atoms with Gasteiger partial charge in [-0.1, -0.05) is 54.6 Å². The van der Waals surface area contributed by atoms with Gasteiger partial charge < -0.3 is 19.7 Å². The maximum Gasteiger partial charge on any atom is 0.322 e. The van der Waals surface area contributed by atoms with Gasteiger partial charge in [-0.25, -0.2) is 9.18 Å². The van der Waals surface area contributed by atoms with Crippen LogP contribution in [-0.4, -0.2) is 45.4 Å². The number of amides is 3. The van der Waals surface area contributed by atoms with Crippen LogP contribution < -0.4 is 5.32 Å². The Labute approximate surface area is 209 Å². The first-order valence-corrected chi connectivity index (χ1v) is 12.2. The van der Waals surface area contributed by atoms with E-state index in [4.69, 9.17) is 0 Å². The second-order valence-corrected chi connectivity index (χ2v) is 9.32. The molecule has 1 aliphatic heterocycles. The molecule has 0 fully saturated rings. The number of anilines is 1. The van der Waals surface area contributed by atoms with Crippen LogP contribution in [0.4, 0.5) is 14.9 Å². The second-order valence-electron chi connectivity index (χ2n) is 9.32. The summed E-state index contributed by atoms with van der Waals surface area (Å²) < 4.78 is 16.9. The lowest BCUT2D eigenvalue weighted by Gasteiger charge is -2.39. The van der Waals surface area contributed by atoms with Gasteiger partial charge in [0.05, 0.1) is 5.69 Å². The zero-order valence-electron chi connectivity index (χ0n) is 20.4. The number of aromatic nitrogens is 1. The maximum atomic E-state index is 14.9. The molecule has 0 radical (unpaired) electrons. The highest BCUT2D eigenvalue weighted by Crippen LogP contribution is 2.34. The Bertz CT molecular complexity index is 1410. The number of hydrogen-bond acceptors (Lipinski definition) is 2. The summed E-state index contributed by atoms with van der Waals surface area (Å²) in [6.07, 6.45) is 1.95. The van der Waals surface area contributed by atoms with Crippen LogP contribution in [0.3, 0.4) is 0 Å². The fourth-order valence-corrected chi connectivity index (χ4v) is 4.92. The van der Waals surface area contributed by atoms with E-state index in [2.05, 4.69) is 5.32 Å². The zero-order chi connectivity index (χ0) is 25.2. The SMILES string of the molecule is CC(C)N(CC(=O)N1CCn2cccc2[C@H]1c1ccccc1F)C(=O)Nc1cccc2ccccc12. The summed E-state index contributed by atoms with van der Waals surface area (Å²) in [5.41, 5.74) is 1.99. The monoisotopic (exact) mass is 484 g/mol. The van der Waals surface area contributed by atoms with E-state index in [9.17, 15) is 14.0 Å². The summed E-state index contributed by atoms with van der Waals surface area (Å²) >= 11 is 0. The van der Waals surface area contributed by atoms with Gasteiger partial charge in [0.2, 0.25) is 5.91 Å². The first-order chi connectivity index (χ1) is 17.4. The lowest BCUT2D eigenvalue weighted by atomic mass is 9.99. The Kier molecular flexibility index (Phi) is 6.46. The smallest absolute Gasteiger partial charge is 0.322 e. The molecule has 0 bridgehead atoms. The van der Waals surface area contributed by atoms with E-state index >= 15 is 0 Å². The van der Waals surface area contributed by atoms with Gasteiger partial charge in [0, 0.05) is 42.0 Å². The number of urea groups is 1. The average molecular weight is 485 g/mol. The van der Waals surface area contributed by atoms with Crippen molar-refractivity contribution >= 4 is 28.4 Å². The summed E-state index contributed by atoms with van der Waals surface area (Å²) in [5.74, 6) is -0.582. The number of fused-ring (bicyclic) bond motifs is 2. The largest absolute Gasteiger partial charge is 0.348 e. The number of nitrogens with zero attached hydrogens (tertiary/aromatic N) is 3. The molecule has 6 nitrogen and oxygen atoms in total. The van der Waals surface area contributed by atoms with Crippen LogP contribution in [0.2, 0.25) is 0 Å². The van der Waals surface area contributed by atoms with Crippen molar-refractivity contribution in [2.45, 2.75) is 32.5 Å². The van der Waals surface area contributed by atoms with Crippen molar-refractivity contribution in [1.82, 2.24) is 14.4 Å². The molecular formula is C29H29FN4O2. The van der Waals surface area contributed by atoms with E-state index < -0.39 is 6.04 Å². The maximum absolute atomic E-state index is 14.9. The Hall–Kier alpha value is -4.13. The van der Waals surface area contributed by atoms with E-state index in [1.54, 1.807) is 23.1 Å². The third-order valence-corrected chi connectivity index (χ3v) is 6.78. The first kappa shape index (κ1) is 23.6. The molecule has 4 aromatic rings. The fourth-order valence-electron chi connectivity index (χ4n) is 4.92. The summed E-state index contributed by atoms with van der Waals surface area (Å²) in [4.78, 5) is 30.3. The molecule has 1 aliphatic rings. The molecule has 0 saturated heterocycles. The normalized spacial score (nSPS) is 15.1. The Morgan fingerprint density at radius 3 is 2.53 bits per heavy atom. The number of carbonyl (C=O) groups excluding carboxylic acids is 2. The minimum atomic E-state index is -0.558. The topological polar surface area (TPSA) is 57.6 Å². The van der Waals surface area contributed by atoms with Gasteiger partial charge in [-0.3, -0.25) is 4.79 Å². The zero-order valence-corrected chi connectivity index (χ0v) is 20.4. The van der Waals surface area contributed by atoms with E-state index in [0.717, 1.165) is 16.5 Å². The lowest BCUT2D eigenvalue weighted by Crippen LogP contribution is -2.50. The first-order valence-electron chi connectivity index (χ1n) is 12.2. The molecule has 36 heavy (non-hydrogen) atoms. The highest BCUT2D eigenvalue weighted by Gasteiger charge is 2.35. The molecule has 0 unspecified atom stereocenters. The van der Waals surface area contributed by atoms with Gasteiger partial charge in [0.15, 0.2) is 0 Å². The van der Waals surface area contributed by atoms with E-state index in [1.807, 2.05) is 79.2 Å². The standard InChI is InChI=1S/C29H29FN4O2/c1-20(2)34(29(36)31-25-14-7-10-21-9-3-4-11-22(21)25)19-27(35)33-18-17-32-16-8-15-26(32)28(33)23-12-5-6-13-24(23)30/h3-16,20,28H,17-19H2,1-2H3,(H,31,36)/t28-/m1/s1. The molecule has 3 amide bonds. The van der Waals surface area contributed by atoms with Crippen LogP contribution in [0.15, 0.2) is 85.1 Å². The van der Waals surface area contributed by atoms with Crippen LogP contribution in [0.1, 0.15) is 31.1 Å². The molecule has 0 spiro atoms. The van der Waals surface area contributed by atoms with Crippen molar-refractivity contribution in [2.24, 2.45) is 0 Å². The molecule has 1 N–H and O–H groups in total. The van der Waals surface area contributed by atoms with Crippen molar-refractivity contribution in [3.8, 4) is 0 Å². The highest BCUT2D eigenvalue weighted by atomic mass is 19.1. The predicted octanol–water partition coefficient (Wildman–Crippen LogP) is 5.65. The van der Waals surface area contributed by atoms with E-state index in [-0.39, 0.29) is 30.3 Å². The van der Waals surface area contributed by atoms with E-state index in [0.29, 0.717) is 24.3 Å². The second kappa shape index (κ2) is 9.85. The molecule has 1 atom stereocenters. The number of halogens is 1. The van der Waals surface area contributed by atoms with Gasteiger partial charge in [0.25, 0.3) is 0 Å². The minimum Gasteiger partial charge on any atom is -0.348 e. The number of carbonyl (C=O) groups is 2. The van der Waals surface area contributed by atoms with Crippen LogP contribution in [0.5, 0.6) is 0 Å². The third-order valence-electron chi connectivity index (χ3n) is 6.78. The minimum absolute atomic E-state index is 0.111. The quantitative estimate of drug-likeness (QED) is 0.398. The molecule has 1 aromatic heterocycles. The molecule has 184 valence electrons. The molecule has 3 aromatic carbocycles. The fraction of sp³-hybridized carbons (Fsp3) is 0.241. The number of benzene rings is 3. The van der Waals surface area contributed by atoms with Crippen molar-refractivity contribution in [2.75, 3.05) is 18.4 Å². The average Bonchev–Trinajstić information content (AvgIpc) is 3.36. The predicted molar refractivity (Wildman–Crippen MR) is 139 cm³/mol. The Morgan fingerprint density at radius 2 is 1.72 bits per heavy atom. The highest BCUT2D eigenvalue weighted by molar-refractivity contribution is 6.02. The summed E-state index contributed by atoms with van der Waals surface area (Å²) in [5, 5.41) is 4.94. The van der Waals surface area contributed by atoms with Gasteiger partial charge in [-0.15, -0.1) is 0 Å². The van der Waals surface area contributed by atoms with Gasteiger partial charge in [0.1, 0.15) is 18.4 Å². The third kappa shape index (κ3) is 4.44.